The highest BCUT2D eigenvalue weighted by molar-refractivity contribution is 8.18. The predicted octanol–water partition coefficient (Wildman–Crippen LogP) is 4.69. The minimum absolute atomic E-state index is 0.0447. The Kier molecular flexibility index (Phi) is 9.23. The van der Waals surface area contributed by atoms with Gasteiger partial charge in [-0.15, -0.1) is 0 Å². The molecule has 1 N–H and O–H groups in total. The zero-order valence-corrected chi connectivity index (χ0v) is 24.0. The molecule has 13 heteroatoms. The minimum atomic E-state index is -0.732. The number of hydrogen-bond acceptors (Lipinski definition) is 10. The van der Waals surface area contributed by atoms with E-state index >= 15 is 0 Å². The van der Waals surface area contributed by atoms with Crippen molar-refractivity contribution in [1.29, 1.82) is 0 Å². The van der Waals surface area contributed by atoms with Crippen molar-refractivity contribution in [3.8, 4) is 11.5 Å². The number of imide groups is 1. The van der Waals surface area contributed by atoms with Crippen LogP contribution in [0.5, 0.6) is 11.5 Å². The number of thioether (sulfide) groups is 1. The highest BCUT2D eigenvalue weighted by atomic mass is 32.2. The van der Waals surface area contributed by atoms with Crippen LogP contribution in [0.1, 0.15) is 11.1 Å². The number of nitro benzene ring substituents is 1. The Balaban J connectivity index is 1.32. The smallest absolute Gasteiger partial charge is 0.294 e. The van der Waals surface area contributed by atoms with Gasteiger partial charge in [0.25, 0.3) is 16.8 Å². The predicted molar refractivity (Wildman–Crippen MR) is 161 cm³/mol. The van der Waals surface area contributed by atoms with Crippen LogP contribution < -0.4 is 19.7 Å². The summed E-state index contributed by atoms with van der Waals surface area (Å²) in [5, 5.41) is 14.1. The maximum absolute atomic E-state index is 13.2. The molecule has 3 aromatic rings. The number of carbonyl (C=O) groups excluding carboxylic acids is 3. The van der Waals surface area contributed by atoms with Crippen molar-refractivity contribution >= 4 is 52.0 Å². The molecule has 3 amide bonds. The molecule has 0 spiro atoms. The van der Waals surface area contributed by atoms with Gasteiger partial charge in [0.05, 0.1) is 53.2 Å². The van der Waals surface area contributed by atoms with Crippen molar-refractivity contribution in [1.82, 2.24) is 4.90 Å². The van der Waals surface area contributed by atoms with Crippen molar-refractivity contribution < 1.29 is 33.5 Å². The van der Waals surface area contributed by atoms with E-state index in [1.807, 2.05) is 42.5 Å². The topological polar surface area (TPSA) is 141 Å². The molecule has 2 saturated heterocycles. The summed E-state index contributed by atoms with van der Waals surface area (Å²) in [5.41, 5.74) is 1.93. The fourth-order valence-corrected chi connectivity index (χ4v) is 5.45. The summed E-state index contributed by atoms with van der Waals surface area (Å²) >= 11 is 0.598. The number of carbonyl (C=O) groups is 3. The number of morpholine rings is 1. The van der Waals surface area contributed by atoms with Gasteiger partial charge in [0.1, 0.15) is 13.2 Å². The summed E-state index contributed by atoms with van der Waals surface area (Å²) < 4.78 is 16.6. The molecule has 5 rings (SSSR count). The lowest BCUT2D eigenvalue weighted by Crippen LogP contribution is -2.38. The fraction of sp³-hybridized carbons (Fsp3) is 0.233. The number of methoxy groups -OCH3 is 1. The molecule has 2 aliphatic rings. The average molecular weight is 605 g/mol. The van der Waals surface area contributed by atoms with Crippen molar-refractivity contribution in [2.45, 2.75) is 6.61 Å². The molecule has 0 aliphatic carbocycles. The molecular weight excluding hydrogens is 576 g/mol. The minimum Gasteiger partial charge on any atom is -0.493 e. The van der Waals surface area contributed by atoms with Crippen LogP contribution >= 0.6 is 11.8 Å². The second kappa shape index (κ2) is 13.4. The quantitative estimate of drug-likeness (QED) is 0.197. The third-order valence-electron chi connectivity index (χ3n) is 6.74. The van der Waals surface area contributed by atoms with Gasteiger partial charge in [-0.2, -0.15) is 0 Å². The van der Waals surface area contributed by atoms with Gasteiger partial charge in [0.15, 0.2) is 11.5 Å². The summed E-state index contributed by atoms with van der Waals surface area (Å²) in [5.74, 6) is -0.927. The largest absolute Gasteiger partial charge is 0.493 e. The van der Waals surface area contributed by atoms with E-state index in [4.69, 9.17) is 14.2 Å². The van der Waals surface area contributed by atoms with E-state index < -0.39 is 28.5 Å². The van der Waals surface area contributed by atoms with Crippen molar-refractivity contribution in [2.75, 3.05) is 50.2 Å². The summed E-state index contributed by atoms with van der Waals surface area (Å²) in [7, 11) is 1.39. The van der Waals surface area contributed by atoms with E-state index in [0.717, 1.165) is 16.2 Å². The molecule has 2 aliphatic heterocycles. The lowest BCUT2D eigenvalue weighted by molar-refractivity contribution is -0.385. The molecule has 2 heterocycles. The second-order valence-corrected chi connectivity index (χ2v) is 10.5. The number of amides is 3. The standard InChI is InChI=1S/C30H28N4O8S/c1-40-25-15-21(24(34(38)39)17-26(25)42-19-20-7-3-2-4-8-20)16-27-29(36)33(30(37)43-27)18-28(35)31-22-9-5-6-10-23(22)32-11-13-41-14-12-32/h2-10,15-17H,11-14,18-19H2,1H3,(H,31,35)/b27-16+. The summed E-state index contributed by atoms with van der Waals surface area (Å²) in [4.78, 5) is 53.0. The van der Waals surface area contributed by atoms with Gasteiger partial charge < -0.3 is 24.4 Å². The van der Waals surface area contributed by atoms with E-state index in [-0.39, 0.29) is 34.3 Å². The van der Waals surface area contributed by atoms with Crippen LogP contribution in [0.25, 0.3) is 6.08 Å². The third kappa shape index (κ3) is 6.96. The van der Waals surface area contributed by atoms with Crippen LogP contribution in [0.4, 0.5) is 21.9 Å². The molecule has 2 fully saturated rings. The molecule has 0 atom stereocenters. The highest BCUT2D eigenvalue weighted by Crippen LogP contribution is 2.39. The third-order valence-corrected chi connectivity index (χ3v) is 7.65. The van der Waals surface area contributed by atoms with Gasteiger partial charge in [0, 0.05) is 13.1 Å². The maximum atomic E-state index is 13.2. The molecule has 0 bridgehead atoms. The first-order valence-electron chi connectivity index (χ1n) is 13.3. The number of para-hydroxylation sites is 2. The average Bonchev–Trinajstić information content (AvgIpc) is 3.28. The Hall–Kier alpha value is -4.88. The van der Waals surface area contributed by atoms with Gasteiger partial charge in [-0.3, -0.25) is 29.4 Å². The molecule has 3 aromatic carbocycles. The zero-order chi connectivity index (χ0) is 30.3. The number of nitro groups is 1. The second-order valence-electron chi connectivity index (χ2n) is 9.53. The normalized spacial score (nSPS) is 16.0. The SMILES string of the molecule is COc1cc(/C=C2/SC(=O)N(CC(=O)Nc3ccccc3N3CCOCC3)C2=O)c([N+](=O)[O-])cc1OCc1ccccc1. The number of rotatable bonds is 10. The Morgan fingerprint density at radius 2 is 1.79 bits per heavy atom. The summed E-state index contributed by atoms with van der Waals surface area (Å²) in [6.07, 6.45) is 1.25. The van der Waals surface area contributed by atoms with Crippen LogP contribution in [0.3, 0.4) is 0 Å². The summed E-state index contributed by atoms with van der Waals surface area (Å²) in [6, 6.07) is 19.1. The lowest BCUT2D eigenvalue weighted by atomic mass is 10.1. The van der Waals surface area contributed by atoms with Crippen LogP contribution in [-0.4, -0.2) is 66.8 Å². The van der Waals surface area contributed by atoms with Gasteiger partial charge in [-0.05, 0) is 41.6 Å². The van der Waals surface area contributed by atoms with Gasteiger partial charge in [-0.25, -0.2) is 0 Å². The van der Waals surface area contributed by atoms with Gasteiger partial charge in [0.2, 0.25) is 5.91 Å². The van der Waals surface area contributed by atoms with E-state index in [9.17, 15) is 24.5 Å². The van der Waals surface area contributed by atoms with E-state index in [1.54, 1.807) is 12.1 Å². The molecule has 222 valence electrons. The number of benzene rings is 3. The van der Waals surface area contributed by atoms with Crippen LogP contribution in [0.15, 0.2) is 71.6 Å². The van der Waals surface area contributed by atoms with Crippen molar-refractivity contribution in [3.63, 3.8) is 0 Å². The van der Waals surface area contributed by atoms with Crippen molar-refractivity contribution in [3.05, 3.63) is 92.9 Å². The molecule has 0 unspecified atom stereocenters. The first-order valence-corrected chi connectivity index (χ1v) is 14.2. The van der Waals surface area contributed by atoms with Crippen molar-refractivity contribution in [2.24, 2.45) is 0 Å². The van der Waals surface area contributed by atoms with Crippen LogP contribution in [-0.2, 0) is 20.9 Å². The number of hydrogen-bond donors (Lipinski definition) is 1. The van der Waals surface area contributed by atoms with E-state index in [2.05, 4.69) is 10.2 Å². The molecule has 12 nitrogen and oxygen atoms in total. The number of nitrogens with zero attached hydrogens (tertiary/aromatic N) is 3. The monoisotopic (exact) mass is 604 g/mol. The molecule has 0 aromatic heterocycles. The van der Waals surface area contributed by atoms with Crippen LogP contribution in [0.2, 0.25) is 0 Å². The Bertz CT molecular complexity index is 1570. The summed E-state index contributed by atoms with van der Waals surface area (Å²) in [6.45, 7) is 2.11. The maximum Gasteiger partial charge on any atom is 0.294 e. The van der Waals surface area contributed by atoms with Gasteiger partial charge in [-0.1, -0.05) is 42.5 Å². The molecule has 43 heavy (non-hydrogen) atoms. The number of ether oxygens (including phenoxy) is 3. The lowest BCUT2D eigenvalue weighted by Gasteiger charge is -2.30. The Labute approximate surface area is 251 Å². The van der Waals surface area contributed by atoms with E-state index in [1.165, 1.54) is 25.3 Å². The van der Waals surface area contributed by atoms with Crippen LogP contribution in [0, 0.1) is 10.1 Å². The first-order chi connectivity index (χ1) is 20.8. The Morgan fingerprint density at radius 3 is 2.51 bits per heavy atom. The number of anilines is 2. The fourth-order valence-electron chi connectivity index (χ4n) is 4.62. The van der Waals surface area contributed by atoms with E-state index in [0.29, 0.717) is 43.8 Å². The first kappa shape index (κ1) is 29.6. The molecule has 0 radical (unpaired) electrons. The Morgan fingerprint density at radius 1 is 1.07 bits per heavy atom. The molecule has 0 saturated carbocycles. The van der Waals surface area contributed by atoms with Gasteiger partial charge >= 0.3 is 0 Å². The number of nitrogens with one attached hydrogen (secondary N) is 1. The highest BCUT2D eigenvalue weighted by Gasteiger charge is 2.37. The molecular formula is C30H28N4O8S. The zero-order valence-electron chi connectivity index (χ0n) is 23.2.